The highest BCUT2D eigenvalue weighted by Gasteiger charge is 2.41. The van der Waals surface area contributed by atoms with Gasteiger partial charge < -0.3 is 24.7 Å². The third-order valence-corrected chi connectivity index (χ3v) is 6.69. The van der Waals surface area contributed by atoms with Crippen LogP contribution in [0.4, 0.5) is 17.6 Å². The number of aliphatic hydroxyl groups is 2. The average Bonchev–Trinajstić information content (AvgIpc) is 3.36. The molecule has 1 aromatic carbocycles. The van der Waals surface area contributed by atoms with Gasteiger partial charge >= 0.3 is 0 Å². The molecule has 170 valence electrons. The maximum Gasteiger partial charge on any atom is 0.269 e. The summed E-state index contributed by atoms with van der Waals surface area (Å²) >= 11 is 0. The highest BCUT2D eigenvalue weighted by molar-refractivity contribution is 5.61. The summed E-state index contributed by atoms with van der Waals surface area (Å²) in [5.41, 5.74) is 0.635. The number of fused-ring (bicyclic) bond motifs is 2. The molecule has 1 aromatic heterocycles. The van der Waals surface area contributed by atoms with Gasteiger partial charge in [0.05, 0.1) is 55.5 Å². The van der Waals surface area contributed by atoms with Gasteiger partial charge in [0.15, 0.2) is 5.82 Å². The minimum atomic E-state index is -0.443. The number of rotatable bonds is 6. The third kappa shape index (κ3) is 3.65. The summed E-state index contributed by atoms with van der Waals surface area (Å²) in [4.78, 5) is 28.9. The summed E-state index contributed by atoms with van der Waals surface area (Å²) in [5, 5.41) is 30.9. The minimum Gasteiger partial charge on any atom is -0.394 e. The number of nitrogens with zero attached hydrogens (tertiary/aromatic N) is 6. The summed E-state index contributed by atoms with van der Waals surface area (Å²) < 4.78 is 5.70. The van der Waals surface area contributed by atoms with Crippen LogP contribution in [-0.4, -0.2) is 80.7 Å². The minimum absolute atomic E-state index is 0.00490. The molecule has 2 aromatic rings. The van der Waals surface area contributed by atoms with E-state index in [1.807, 2.05) is 4.90 Å². The second kappa shape index (κ2) is 8.57. The van der Waals surface area contributed by atoms with Gasteiger partial charge in [-0.3, -0.25) is 10.1 Å². The van der Waals surface area contributed by atoms with Crippen LogP contribution in [0.1, 0.15) is 25.7 Å². The van der Waals surface area contributed by atoms with Crippen molar-refractivity contribution in [2.24, 2.45) is 0 Å². The molecule has 0 saturated carbocycles. The van der Waals surface area contributed by atoms with Crippen LogP contribution in [0.5, 0.6) is 0 Å². The first kappa shape index (κ1) is 21.0. The third-order valence-electron chi connectivity index (χ3n) is 6.69. The van der Waals surface area contributed by atoms with Crippen molar-refractivity contribution < 1.29 is 19.9 Å². The van der Waals surface area contributed by atoms with E-state index in [2.05, 4.69) is 9.88 Å². The number of morpholine rings is 1. The van der Waals surface area contributed by atoms with E-state index >= 15 is 0 Å². The molecule has 11 nitrogen and oxygen atoms in total. The van der Waals surface area contributed by atoms with Crippen molar-refractivity contribution in [2.75, 3.05) is 36.2 Å². The fourth-order valence-corrected chi connectivity index (χ4v) is 5.05. The molecule has 3 aliphatic heterocycles. The van der Waals surface area contributed by atoms with Gasteiger partial charge in [0, 0.05) is 17.7 Å². The van der Waals surface area contributed by atoms with Crippen molar-refractivity contribution in [3.05, 3.63) is 34.4 Å². The zero-order valence-corrected chi connectivity index (χ0v) is 17.6. The lowest BCUT2D eigenvalue weighted by molar-refractivity contribution is -0.384. The Labute approximate surface area is 184 Å². The molecule has 3 fully saturated rings. The van der Waals surface area contributed by atoms with Crippen LogP contribution >= 0.6 is 0 Å². The molecule has 32 heavy (non-hydrogen) atoms. The van der Waals surface area contributed by atoms with Crippen molar-refractivity contribution in [2.45, 2.75) is 49.9 Å². The predicted molar refractivity (Wildman–Crippen MR) is 115 cm³/mol. The molecule has 0 radical (unpaired) electrons. The Balaban J connectivity index is 1.60. The first-order valence-electron chi connectivity index (χ1n) is 11.0. The van der Waals surface area contributed by atoms with E-state index in [4.69, 9.17) is 14.7 Å². The first-order valence-corrected chi connectivity index (χ1v) is 11.0. The Morgan fingerprint density at radius 1 is 0.906 bits per heavy atom. The molecule has 5 rings (SSSR count). The molecule has 0 amide bonds. The highest BCUT2D eigenvalue weighted by atomic mass is 16.6. The van der Waals surface area contributed by atoms with Gasteiger partial charge in [0.2, 0.25) is 11.9 Å². The SMILES string of the molecule is O=[N+]([O-])c1ccc(-c2nc(N3C4CCC3COC4)nc(N3[C@H](CO)CC[C@@H]3CO)n2)cc1. The van der Waals surface area contributed by atoms with Gasteiger partial charge in [-0.05, 0) is 37.8 Å². The van der Waals surface area contributed by atoms with Gasteiger partial charge in [0.1, 0.15) is 0 Å². The van der Waals surface area contributed by atoms with Crippen molar-refractivity contribution in [3.63, 3.8) is 0 Å². The quantitative estimate of drug-likeness (QED) is 0.494. The number of hydrogen-bond acceptors (Lipinski definition) is 10. The number of non-ortho nitro benzene ring substituents is 1. The molecule has 4 heterocycles. The van der Waals surface area contributed by atoms with E-state index < -0.39 is 4.92 Å². The average molecular weight is 442 g/mol. The van der Waals surface area contributed by atoms with Crippen LogP contribution in [0.15, 0.2) is 24.3 Å². The number of nitro groups is 1. The monoisotopic (exact) mass is 442 g/mol. The zero-order chi connectivity index (χ0) is 22.2. The first-order chi connectivity index (χ1) is 15.6. The molecule has 3 saturated heterocycles. The molecular formula is C21H26N6O5. The number of anilines is 2. The standard InChI is InChI=1S/C21H26N6O5/c28-9-15-5-6-16(10-29)25(15)20-22-19(13-1-3-14(4-2-13)27(30)31)23-21(24-20)26-17-7-8-18(26)12-32-11-17/h1-4,15-18,28-29H,5-12H2/t15-,16+,17?,18?. The molecule has 2 bridgehead atoms. The van der Waals surface area contributed by atoms with E-state index in [1.165, 1.54) is 12.1 Å². The second-order valence-corrected chi connectivity index (χ2v) is 8.55. The highest BCUT2D eigenvalue weighted by Crippen LogP contribution is 2.35. The molecule has 2 N–H and O–H groups in total. The van der Waals surface area contributed by atoms with Crippen molar-refractivity contribution in [1.29, 1.82) is 0 Å². The topological polar surface area (TPSA) is 138 Å². The maximum absolute atomic E-state index is 11.0. The van der Waals surface area contributed by atoms with Crippen molar-refractivity contribution in [3.8, 4) is 11.4 Å². The number of nitro benzene ring substituents is 1. The predicted octanol–water partition coefficient (Wildman–Crippen LogP) is 1.14. The van der Waals surface area contributed by atoms with Gasteiger partial charge in [-0.15, -0.1) is 0 Å². The lowest BCUT2D eigenvalue weighted by Gasteiger charge is -2.36. The maximum atomic E-state index is 11.0. The number of aromatic nitrogens is 3. The van der Waals surface area contributed by atoms with Crippen LogP contribution in [0.25, 0.3) is 11.4 Å². The van der Waals surface area contributed by atoms with Crippen LogP contribution in [0.3, 0.4) is 0 Å². The molecule has 0 aliphatic carbocycles. The summed E-state index contributed by atoms with van der Waals surface area (Å²) in [6.45, 7) is 1.11. The lowest BCUT2D eigenvalue weighted by atomic mass is 10.2. The van der Waals surface area contributed by atoms with E-state index in [-0.39, 0.29) is 43.1 Å². The van der Waals surface area contributed by atoms with Crippen LogP contribution in [0.2, 0.25) is 0 Å². The Hall–Kier alpha value is -2.89. The van der Waals surface area contributed by atoms with Crippen molar-refractivity contribution in [1.82, 2.24) is 15.0 Å². The number of hydrogen-bond donors (Lipinski definition) is 2. The smallest absolute Gasteiger partial charge is 0.269 e. The summed E-state index contributed by atoms with van der Waals surface area (Å²) in [7, 11) is 0. The van der Waals surface area contributed by atoms with E-state index in [0.29, 0.717) is 36.5 Å². The molecule has 3 aliphatic rings. The Morgan fingerprint density at radius 2 is 1.47 bits per heavy atom. The Morgan fingerprint density at radius 3 is 2.00 bits per heavy atom. The van der Waals surface area contributed by atoms with E-state index in [1.54, 1.807) is 12.1 Å². The van der Waals surface area contributed by atoms with E-state index in [0.717, 1.165) is 25.7 Å². The van der Waals surface area contributed by atoms with Crippen LogP contribution < -0.4 is 9.80 Å². The van der Waals surface area contributed by atoms with Crippen molar-refractivity contribution >= 4 is 17.6 Å². The summed E-state index contributed by atoms with van der Waals surface area (Å²) in [6.07, 6.45) is 3.47. The fourth-order valence-electron chi connectivity index (χ4n) is 5.05. The Kier molecular flexibility index (Phi) is 5.62. The van der Waals surface area contributed by atoms with Crippen LogP contribution in [0, 0.1) is 10.1 Å². The fraction of sp³-hybridized carbons (Fsp3) is 0.571. The summed E-state index contributed by atoms with van der Waals surface area (Å²) in [5.74, 6) is 1.36. The molecule has 4 atom stereocenters. The molecule has 11 heteroatoms. The normalized spacial score (nSPS) is 27.2. The second-order valence-electron chi connectivity index (χ2n) is 8.55. The van der Waals surface area contributed by atoms with E-state index in [9.17, 15) is 20.3 Å². The van der Waals surface area contributed by atoms with Crippen LogP contribution in [-0.2, 0) is 4.74 Å². The largest absolute Gasteiger partial charge is 0.394 e. The van der Waals surface area contributed by atoms with Gasteiger partial charge in [0.25, 0.3) is 5.69 Å². The number of benzene rings is 1. The number of ether oxygens (including phenoxy) is 1. The molecular weight excluding hydrogens is 416 g/mol. The van der Waals surface area contributed by atoms with Gasteiger partial charge in [-0.2, -0.15) is 15.0 Å². The van der Waals surface area contributed by atoms with Gasteiger partial charge in [-0.1, -0.05) is 0 Å². The molecule has 0 spiro atoms. The lowest BCUT2D eigenvalue weighted by Crippen LogP contribution is -2.47. The Bertz CT molecular complexity index is 961. The molecule has 2 unspecified atom stereocenters. The zero-order valence-electron chi connectivity index (χ0n) is 17.6. The van der Waals surface area contributed by atoms with Gasteiger partial charge in [-0.25, -0.2) is 0 Å². The number of aliphatic hydroxyl groups excluding tert-OH is 2. The summed E-state index contributed by atoms with van der Waals surface area (Å²) in [6, 6.07) is 6.13.